The summed E-state index contributed by atoms with van der Waals surface area (Å²) in [6, 6.07) is 14.9. The van der Waals surface area contributed by atoms with E-state index < -0.39 is 16.1 Å². The Bertz CT molecular complexity index is 1210. The summed E-state index contributed by atoms with van der Waals surface area (Å²) in [5.74, 6) is 0. The molecule has 0 spiro atoms. The molecule has 1 aliphatic heterocycles. The van der Waals surface area contributed by atoms with Crippen molar-refractivity contribution in [2.45, 2.75) is 19.4 Å². The third kappa shape index (κ3) is 3.54. The number of aryl methyl sites for hydroxylation is 1. The number of para-hydroxylation sites is 1. The Labute approximate surface area is 177 Å². The largest absolute Gasteiger partial charge is 0.247 e. The molecule has 0 bridgehead atoms. The topological polar surface area (TPSA) is 62.6 Å². The van der Waals surface area contributed by atoms with E-state index in [-0.39, 0.29) is 0 Å². The van der Waals surface area contributed by atoms with E-state index in [1.165, 1.54) is 0 Å². The fraction of sp³-hybridized carbons (Fsp3) is 0.200. The number of aromatic nitrogens is 1. The zero-order chi connectivity index (χ0) is 20.1. The van der Waals surface area contributed by atoms with Crippen molar-refractivity contribution in [3.8, 4) is 0 Å². The number of rotatable bonds is 3. The zero-order valence-electron chi connectivity index (χ0n) is 15.2. The number of benzene rings is 2. The van der Waals surface area contributed by atoms with Gasteiger partial charge in [0.1, 0.15) is 5.15 Å². The molecule has 28 heavy (non-hydrogen) atoms. The Balaban J connectivity index is 1.82. The fourth-order valence-corrected chi connectivity index (χ4v) is 4.84. The van der Waals surface area contributed by atoms with Gasteiger partial charge in [-0.2, -0.15) is 9.52 Å². The lowest BCUT2D eigenvalue weighted by Crippen LogP contribution is -2.26. The first-order valence-electron chi connectivity index (χ1n) is 8.62. The van der Waals surface area contributed by atoms with Gasteiger partial charge < -0.3 is 0 Å². The van der Waals surface area contributed by atoms with Crippen LogP contribution in [0.4, 0.5) is 0 Å². The van der Waals surface area contributed by atoms with Gasteiger partial charge in [0.2, 0.25) is 10.0 Å². The van der Waals surface area contributed by atoms with Crippen LogP contribution in [-0.2, 0) is 10.0 Å². The summed E-state index contributed by atoms with van der Waals surface area (Å²) >= 11 is 9.91. The second-order valence-corrected chi connectivity index (χ2v) is 9.94. The van der Waals surface area contributed by atoms with Crippen molar-refractivity contribution in [1.82, 2.24) is 9.40 Å². The van der Waals surface area contributed by atoms with Crippen LogP contribution in [0.15, 0.2) is 58.1 Å². The highest BCUT2D eigenvalue weighted by atomic mass is 79.9. The Morgan fingerprint density at radius 1 is 1.18 bits per heavy atom. The van der Waals surface area contributed by atoms with E-state index in [4.69, 9.17) is 11.6 Å². The average molecular weight is 479 g/mol. The molecule has 0 saturated carbocycles. The first kappa shape index (κ1) is 19.4. The SMILES string of the molecule is Cc1cccc2cc(C3CC(c4ccc(Br)cc4)=NN3S(C)(=O)=O)c(Cl)nc12. The van der Waals surface area contributed by atoms with Crippen molar-refractivity contribution in [3.63, 3.8) is 0 Å². The van der Waals surface area contributed by atoms with Crippen molar-refractivity contribution in [1.29, 1.82) is 0 Å². The predicted octanol–water partition coefficient (Wildman–Crippen LogP) is 5.07. The summed E-state index contributed by atoms with van der Waals surface area (Å²) in [5.41, 5.74) is 4.06. The van der Waals surface area contributed by atoms with Gasteiger partial charge in [0.25, 0.3) is 0 Å². The molecule has 2 heterocycles. The standard InChI is InChI=1S/C20H17BrClN3O2S/c1-12-4-3-5-14-10-16(20(22)23-19(12)14)18-11-17(24-25(18)28(2,26)27)13-6-8-15(21)9-7-13/h3-10,18H,11H2,1-2H3. The number of hydrogen-bond donors (Lipinski definition) is 0. The molecule has 1 aliphatic rings. The second kappa shape index (κ2) is 7.13. The van der Waals surface area contributed by atoms with Gasteiger partial charge in [0, 0.05) is 21.8 Å². The van der Waals surface area contributed by atoms with Crippen LogP contribution in [0.1, 0.15) is 29.2 Å². The van der Waals surface area contributed by atoms with Crippen molar-refractivity contribution in [2.24, 2.45) is 5.10 Å². The summed E-state index contributed by atoms with van der Waals surface area (Å²) in [6.45, 7) is 1.97. The minimum absolute atomic E-state index is 0.299. The number of hydrazone groups is 1. The zero-order valence-corrected chi connectivity index (χ0v) is 18.4. The number of pyridine rings is 1. The van der Waals surface area contributed by atoms with Crippen LogP contribution in [0.2, 0.25) is 5.15 Å². The van der Waals surface area contributed by atoms with Gasteiger partial charge in [0.15, 0.2) is 0 Å². The Hall–Kier alpha value is -1.96. The molecule has 3 aromatic rings. The highest BCUT2D eigenvalue weighted by Crippen LogP contribution is 2.38. The van der Waals surface area contributed by atoms with Crippen LogP contribution >= 0.6 is 27.5 Å². The van der Waals surface area contributed by atoms with Gasteiger partial charge in [0.05, 0.1) is 23.5 Å². The Kier molecular flexibility index (Phi) is 4.93. The molecular formula is C20H17BrClN3O2S. The normalized spacial score (nSPS) is 17.2. The van der Waals surface area contributed by atoms with E-state index in [2.05, 4.69) is 26.0 Å². The number of fused-ring (bicyclic) bond motifs is 1. The minimum atomic E-state index is -3.58. The van der Waals surface area contributed by atoms with Crippen LogP contribution in [0, 0.1) is 6.92 Å². The van der Waals surface area contributed by atoms with Gasteiger partial charge in [-0.3, -0.25) is 0 Å². The molecule has 1 unspecified atom stereocenters. The maximum Gasteiger partial charge on any atom is 0.247 e. The van der Waals surface area contributed by atoms with Crippen LogP contribution < -0.4 is 0 Å². The lowest BCUT2D eigenvalue weighted by Gasteiger charge is -2.22. The molecule has 0 fully saturated rings. The molecule has 1 aromatic heterocycles. The van der Waals surface area contributed by atoms with Gasteiger partial charge in [-0.1, -0.05) is 57.9 Å². The van der Waals surface area contributed by atoms with Crippen molar-refractivity contribution in [2.75, 3.05) is 6.26 Å². The molecule has 0 saturated heterocycles. The molecule has 0 radical (unpaired) electrons. The van der Waals surface area contributed by atoms with Crippen molar-refractivity contribution >= 4 is 54.2 Å². The first-order valence-corrected chi connectivity index (χ1v) is 11.6. The van der Waals surface area contributed by atoms with Gasteiger partial charge >= 0.3 is 0 Å². The summed E-state index contributed by atoms with van der Waals surface area (Å²) in [5, 5.41) is 5.64. The Morgan fingerprint density at radius 3 is 2.57 bits per heavy atom. The molecule has 4 rings (SSSR count). The molecular weight excluding hydrogens is 462 g/mol. The lowest BCUT2D eigenvalue weighted by atomic mass is 9.98. The lowest BCUT2D eigenvalue weighted by molar-refractivity contribution is 0.374. The molecule has 0 N–H and O–H groups in total. The quantitative estimate of drug-likeness (QED) is 0.494. The maximum absolute atomic E-state index is 12.4. The molecule has 5 nitrogen and oxygen atoms in total. The molecule has 8 heteroatoms. The number of halogens is 2. The molecule has 1 atom stereocenters. The number of nitrogens with zero attached hydrogens (tertiary/aromatic N) is 3. The van der Waals surface area contributed by atoms with Crippen LogP contribution in [-0.4, -0.2) is 29.8 Å². The summed E-state index contributed by atoms with van der Waals surface area (Å²) in [6.07, 6.45) is 1.58. The smallest absolute Gasteiger partial charge is 0.235 e. The number of sulfonamides is 1. The van der Waals surface area contributed by atoms with E-state index in [1.54, 1.807) is 0 Å². The Morgan fingerprint density at radius 2 is 1.89 bits per heavy atom. The third-order valence-electron chi connectivity index (χ3n) is 4.78. The summed E-state index contributed by atoms with van der Waals surface area (Å²) in [7, 11) is -3.58. The monoisotopic (exact) mass is 477 g/mol. The van der Waals surface area contributed by atoms with Crippen molar-refractivity contribution in [3.05, 3.63) is 74.8 Å². The predicted molar refractivity (Wildman–Crippen MR) is 116 cm³/mol. The van der Waals surface area contributed by atoms with Crippen LogP contribution in [0.25, 0.3) is 10.9 Å². The van der Waals surface area contributed by atoms with Crippen molar-refractivity contribution < 1.29 is 8.42 Å². The number of hydrogen-bond acceptors (Lipinski definition) is 4. The van der Waals surface area contributed by atoms with E-state index in [1.807, 2.05) is 55.5 Å². The molecule has 0 aliphatic carbocycles. The van der Waals surface area contributed by atoms with E-state index in [0.717, 1.165) is 37.2 Å². The fourth-order valence-electron chi connectivity index (χ4n) is 3.42. The van der Waals surface area contributed by atoms with Gasteiger partial charge in [-0.05, 0) is 36.2 Å². The van der Waals surface area contributed by atoms with Gasteiger partial charge in [-0.15, -0.1) is 0 Å². The highest BCUT2D eigenvalue weighted by molar-refractivity contribution is 9.10. The first-order chi connectivity index (χ1) is 13.2. The highest BCUT2D eigenvalue weighted by Gasteiger charge is 2.36. The molecule has 0 amide bonds. The minimum Gasteiger partial charge on any atom is -0.235 e. The summed E-state index contributed by atoms with van der Waals surface area (Å²) in [4.78, 5) is 4.53. The van der Waals surface area contributed by atoms with Gasteiger partial charge in [-0.25, -0.2) is 13.4 Å². The molecule has 2 aromatic carbocycles. The van der Waals surface area contributed by atoms with Crippen LogP contribution in [0.5, 0.6) is 0 Å². The van der Waals surface area contributed by atoms with Crippen LogP contribution in [0.3, 0.4) is 0 Å². The molecule has 144 valence electrons. The van der Waals surface area contributed by atoms with E-state index in [9.17, 15) is 8.42 Å². The maximum atomic E-state index is 12.4. The second-order valence-electron chi connectivity index (χ2n) is 6.82. The third-order valence-corrected chi connectivity index (χ3v) is 6.62. The average Bonchev–Trinajstić information content (AvgIpc) is 3.08. The van der Waals surface area contributed by atoms with E-state index in [0.29, 0.717) is 22.8 Å². The summed E-state index contributed by atoms with van der Waals surface area (Å²) < 4.78 is 26.9. The van der Waals surface area contributed by atoms with E-state index >= 15 is 0 Å².